The highest BCUT2D eigenvalue weighted by Gasteiger charge is 2.19. The molecule has 2 N–H and O–H groups in total. The van der Waals surface area contributed by atoms with Gasteiger partial charge in [-0.25, -0.2) is 0 Å². The van der Waals surface area contributed by atoms with E-state index in [-0.39, 0.29) is 0 Å². The molecule has 1 heterocycles. The van der Waals surface area contributed by atoms with Crippen LogP contribution in [-0.2, 0) is 6.54 Å². The molecular formula is C11H17N3. The van der Waals surface area contributed by atoms with Crippen LogP contribution in [0.3, 0.4) is 0 Å². The molecule has 0 aromatic carbocycles. The summed E-state index contributed by atoms with van der Waals surface area (Å²) in [5.74, 6) is 0. The van der Waals surface area contributed by atoms with Crippen molar-refractivity contribution < 1.29 is 0 Å². The third-order valence-electron chi connectivity index (χ3n) is 2.35. The summed E-state index contributed by atoms with van der Waals surface area (Å²) in [5.41, 5.74) is 2.28. The molecule has 0 unspecified atom stereocenters. The van der Waals surface area contributed by atoms with Crippen molar-refractivity contribution in [2.75, 3.05) is 11.9 Å². The van der Waals surface area contributed by atoms with Crippen LogP contribution < -0.4 is 10.6 Å². The molecule has 1 aromatic heterocycles. The lowest BCUT2D eigenvalue weighted by Gasteiger charge is -2.06. The first-order chi connectivity index (χ1) is 6.88. The molecular weight excluding hydrogens is 174 g/mol. The molecule has 0 aliphatic heterocycles. The lowest BCUT2D eigenvalue weighted by molar-refractivity contribution is 0.674. The molecule has 76 valence electrons. The molecule has 0 amide bonds. The van der Waals surface area contributed by atoms with Crippen LogP contribution >= 0.6 is 0 Å². The van der Waals surface area contributed by atoms with Crippen LogP contribution in [0.2, 0.25) is 0 Å². The Morgan fingerprint density at radius 1 is 1.50 bits per heavy atom. The summed E-state index contributed by atoms with van der Waals surface area (Å²) in [6.07, 6.45) is 4.52. The summed E-state index contributed by atoms with van der Waals surface area (Å²) in [6.45, 7) is 3.95. The maximum Gasteiger partial charge on any atom is 0.0562 e. The number of nitrogens with one attached hydrogen (secondary N) is 2. The standard InChI is InChI=1S/C11H17N3/c1-2-12-10-5-6-13-11(7-10)8-14-9-3-4-9/h5-7,9,14H,2-4,8H2,1H3,(H,12,13). The molecule has 1 aromatic rings. The number of nitrogens with zero attached hydrogens (tertiary/aromatic N) is 1. The number of pyridine rings is 1. The van der Waals surface area contributed by atoms with Gasteiger partial charge in [-0.05, 0) is 31.9 Å². The Balaban J connectivity index is 1.90. The molecule has 3 nitrogen and oxygen atoms in total. The van der Waals surface area contributed by atoms with Gasteiger partial charge in [-0.15, -0.1) is 0 Å². The Labute approximate surface area is 84.9 Å². The van der Waals surface area contributed by atoms with Crippen molar-refractivity contribution in [3.8, 4) is 0 Å². The van der Waals surface area contributed by atoms with Crippen LogP contribution in [0.25, 0.3) is 0 Å². The van der Waals surface area contributed by atoms with E-state index in [1.807, 2.05) is 12.3 Å². The fourth-order valence-electron chi connectivity index (χ4n) is 1.43. The average Bonchev–Trinajstić information content (AvgIpc) is 2.99. The van der Waals surface area contributed by atoms with E-state index in [4.69, 9.17) is 0 Å². The summed E-state index contributed by atoms with van der Waals surface area (Å²) in [5, 5.41) is 6.74. The Kier molecular flexibility index (Phi) is 2.99. The van der Waals surface area contributed by atoms with Gasteiger partial charge >= 0.3 is 0 Å². The summed E-state index contributed by atoms with van der Waals surface area (Å²) >= 11 is 0. The molecule has 2 rings (SSSR count). The van der Waals surface area contributed by atoms with Gasteiger partial charge in [-0.1, -0.05) is 0 Å². The third kappa shape index (κ3) is 2.70. The SMILES string of the molecule is CCNc1ccnc(CNC2CC2)c1. The van der Waals surface area contributed by atoms with Crippen molar-refractivity contribution in [1.82, 2.24) is 10.3 Å². The summed E-state index contributed by atoms with van der Waals surface area (Å²) in [7, 11) is 0. The van der Waals surface area contributed by atoms with E-state index in [1.54, 1.807) is 0 Å². The Morgan fingerprint density at radius 2 is 2.36 bits per heavy atom. The molecule has 3 heteroatoms. The first-order valence-corrected chi connectivity index (χ1v) is 5.30. The predicted octanol–water partition coefficient (Wildman–Crippen LogP) is 1.77. The lowest BCUT2D eigenvalue weighted by atomic mass is 10.3. The van der Waals surface area contributed by atoms with Gasteiger partial charge in [0.25, 0.3) is 0 Å². The van der Waals surface area contributed by atoms with Crippen LogP contribution in [-0.4, -0.2) is 17.6 Å². The largest absolute Gasteiger partial charge is 0.385 e. The summed E-state index contributed by atoms with van der Waals surface area (Å²) in [4.78, 5) is 4.32. The Bertz CT molecular complexity index is 294. The minimum absolute atomic E-state index is 0.750. The number of hydrogen-bond acceptors (Lipinski definition) is 3. The second-order valence-electron chi connectivity index (χ2n) is 3.72. The van der Waals surface area contributed by atoms with E-state index in [0.29, 0.717) is 0 Å². The highest BCUT2D eigenvalue weighted by atomic mass is 15.0. The van der Waals surface area contributed by atoms with Crippen molar-refractivity contribution in [1.29, 1.82) is 0 Å². The smallest absolute Gasteiger partial charge is 0.0562 e. The van der Waals surface area contributed by atoms with Crippen LogP contribution in [0.5, 0.6) is 0 Å². The number of aromatic nitrogens is 1. The van der Waals surface area contributed by atoms with Crippen LogP contribution in [0.1, 0.15) is 25.5 Å². The molecule has 14 heavy (non-hydrogen) atoms. The normalized spacial score (nSPS) is 15.5. The molecule has 0 bridgehead atoms. The maximum absolute atomic E-state index is 4.32. The Morgan fingerprint density at radius 3 is 3.07 bits per heavy atom. The van der Waals surface area contributed by atoms with Gasteiger partial charge in [0.2, 0.25) is 0 Å². The van der Waals surface area contributed by atoms with Crippen molar-refractivity contribution >= 4 is 5.69 Å². The van der Waals surface area contributed by atoms with E-state index in [1.165, 1.54) is 12.8 Å². The van der Waals surface area contributed by atoms with Gasteiger partial charge in [0.15, 0.2) is 0 Å². The second-order valence-corrected chi connectivity index (χ2v) is 3.72. The number of rotatable bonds is 5. The zero-order chi connectivity index (χ0) is 9.80. The topological polar surface area (TPSA) is 37.0 Å². The molecule has 1 saturated carbocycles. The molecule has 1 aliphatic rings. The van der Waals surface area contributed by atoms with Crippen LogP contribution in [0, 0.1) is 0 Å². The zero-order valence-electron chi connectivity index (χ0n) is 8.59. The van der Waals surface area contributed by atoms with Crippen molar-refractivity contribution in [3.63, 3.8) is 0 Å². The van der Waals surface area contributed by atoms with E-state index < -0.39 is 0 Å². The highest BCUT2D eigenvalue weighted by Crippen LogP contribution is 2.19. The molecule has 1 aliphatic carbocycles. The summed E-state index contributed by atoms with van der Waals surface area (Å²) < 4.78 is 0. The third-order valence-corrected chi connectivity index (χ3v) is 2.35. The first-order valence-electron chi connectivity index (χ1n) is 5.30. The van der Waals surface area contributed by atoms with Crippen LogP contribution in [0.15, 0.2) is 18.3 Å². The van der Waals surface area contributed by atoms with E-state index >= 15 is 0 Å². The lowest BCUT2D eigenvalue weighted by Crippen LogP contribution is -2.16. The quantitative estimate of drug-likeness (QED) is 0.744. The van der Waals surface area contributed by atoms with E-state index in [0.717, 1.165) is 30.5 Å². The fourth-order valence-corrected chi connectivity index (χ4v) is 1.43. The van der Waals surface area contributed by atoms with Crippen molar-refractivity contribution in [2.45, 2.75) is 32.4 Å². The van der Waals surface area contributed by atoms with Crippen molar-refractivity contribution in [2.24, 2.45) is 0 Å². The average molecular weight is 191 g/mol. The monoisotopic (exact) mass is 191 g/mol. The van der Waals surface area contributed by atoms with Gasteiger partial charge in [0.05, 0.1) is 5.69 Å². The van der Waals surface area contributed by atoms with Gasteiger partial charge in [-0.2, -0.15) is 0 Å². The minimum Gasteiger partial charge on any atom is -0.385 e. The zero-order valence-corrected chi connectivity index (χ0v) is 8.59. The first kappa shape index (κ1) is 9.46. The predicted molar refractivity (Wildman–Crippen MR) is 58.3 cm³/mol. The number of anilines is 1. The second kappa shape index (κ2) is 4.42. The Hall–Kier alpha value is -1.09. The van der Waals surface area contributed by atoms with E-state index in [9.17, 15) is 0 Å². The fraction of sp³-hybridized carbons (Fsp3) is 0.545. The minimum atomic E-state index is 0.750. The van der Waals surface area contributed by atoms with Crippen LogP contribution in [0.4, 0.5) is 5.69 Å². The van der Waals surface area contributed by atoms with Crippen molar-refractivity contribution in [3.05, 3.63) is 24.0 Å². The van der Waals surface area contributed by atoms with Gasteiger partial charge in [0, 0.05) is 31.0 Å². The molecule has 0 atom stereocenters. The highest BCUT2D eigenvalue weighted by molar-refractivity contribution is 5.42. The maximum atomic E-state index is 4.32. The van der Waals surface area contributed by atoms with Gasteiger partial charge in [0.1, 0.15) is 0 Å². The van der Waals surface area contributed by atoms with Gasteiger partial charge < -0.3 is 10.6 Å². The summed E-state index contributed by atoms with van der Waals surface area (Å²) in [6, 6.07) is 4.86. The molecule has 0 saturated heterocycles. The number of hydrogen-bond donors (Lipinski definition) is 2. The molecule has 0 spiro atoms. The molecule has 0 radical (unpaired) electrons. The molecule has 1 fully saturated rings. The van der Waals surface area contributed by atoms with E-state index in [2.05, 4.69) is 28.6 Å². The van der Waals surface area contributed by atoms with Gasteiger partial charge in [-0.3, -0.25) is 4.98 Å².